The lowest BCUT2D eigenvalue weighted by molar-refractivity contribution is -0.00120. The van der Waals surface area contributed by atoms with Crippen LogP contribution in [0.4, 0.5) is 0 Å². The quantitative estimate of drug-likeness (QED) is 0.902. The van der Waals surface area contributed by atoms with E-state index in [2.05, 4.69) is 4.90 Å². The predicted molar refractivity (Wildman–Crippen MR) is 84.2 cm³/mol. The summed E-state index contributed by atoms with van der Waals surface area (Å²) in [7, 11) is 0. The van der Waals surface area contributed by atoms with E-state index >= 15 is 0 Å². The highest BCUT2D eigenvalue weighted by atomic mass is 16.5. The van der Waals surface area contributed by atoms with Crippen molar-refractivity contribution in [3.05, 3.63) is 29.3 Å². The van der Waals surface area contributed by atoms with E-state index in [1.54, 1.807) is 18.2 Å². The number of benzene rings is 1. The number of carbonyl (C=O) groups excluding carboxylic acids is 1. The number of aromatic hydroxyl groups is 1. The van der Waals surface area contributed by atoms with Gasteiger partial charge in [0.1, 0.15) is 5.75 Å². The maximum Gasteiger partial charge on any atom is 0.253 e. The van der Waals surface area contributed by atoms with Gasteiger partial charge in [-0.15, -0.1) is 0 Å². The highest BCUT2D eigenvalue weighted by molar-refractivity contribution is 5.94. The zero-order valence-electron chi connectivity index (χ0n) is 13.1. The summed E-state index contributed by atoms with van der Waals surface area (Å²) in [4.78, 5) is 17.1. The SMILES string of the molecule is Cc1cc(C(=O)N2CCCC(N3CCOCC3)C2)ccc1O. The number of carbonyl (C=O) groups is 1. The Hall–Kier alpha value is -1.59. The van der Waals surface area contributed by atoms with Crippen molar-refractivity contribution in [2.24, 2.45) is 0 Å². The molecule has 0 saturated carbocycles. The third-order valence-corrected chi connectivity index (χ3v) is 4.69. The number of ether oxygens (including phenoxy) is 1. The lowest BCUT2D eigenvalue weighted by Gasteiger charge is -2.40. The van der Waals surface area contributed by atoms with E-state index in [-0.39, 0.29) is 11.7 Å². The lowest BCUT2D eigenvalue weighted by Crippen LogP contribution is -2.52. The topological polar surface area (TPSA) is 53.0 Å². The summed E-state index contributed by atoms with van der Waals surface area (Å²) < 4.78 is 5.41. The fourth-order valence-electron chi connectivity index (χ4n) is 3.35. The Morgan fingerprint density at radius 1 is 1.27 bits per heavy atom. The number of rotatable bonds is 2. The molecule has 0 aromatic heterocycles. The summed E-state index contributed by atoms with van der Waals surface area (Å²) in [5.41, 5.74) is 1.41. The minimum absolute atomic E-state index is 0.0704. The highest BCUT2D eigenvalue weighted by Gasteiger charge is 2.29. The number of hydrogen-bond acceptors (Lipinski definition) is 4. The van der Waals surface area contributed by atoms with Crippen molar-refractivity contribution in [3.63, 3.8) is 0 Å². The minimum Gasteiger partial charge on any atom is -0.508 e. The summed E-state index contributed by atoms with van der Waals surface area (Å²) in [6.07, 6.45) is 2.20. The van der Waals surface area contributed by atoms with Crippen molar-refractivity contribution < 1.29 is 14.6 Å². The lowest BCUT2D eigenvalue weighted by atomic mass is 10.0. The van der Waals surface area contributed by atoms with Crippen molar-refractivity contribution in [1.29, 1.82) is 0 Å². The zero-order chi connectivity index (χ0) is 15.5. The van der Waals surface area contributed by atoms with Gasteiger partial charge in [-0.1, -0.05) is 0 Å². The first-order valence-corrected chi connectivity index (χ1v) is 8.06. The van der Waals surface area contributed by atoms with Gasteiger partial charge in [-0.3, -0.25) is 9.69 Å². The Kier molecular flexibility index (Phi) is 4.64. The first-order chi connectivity index (χ1) is 10.6. The molecule has 0 aliphatic carbocycles. The molecule has 1 aromatic carbocycles. The molecule has 0 spiro atoms. The van der Waals surface area contributed by atoms with Gasteiger partial charge in [0.05, 0.1) is 13.2 Å². The number of amides is 1. The normalized spacial score (nSPS) is 23.5. The van der Waals surface area contributed by atoms with Crippen molar-refractivity contribution in [2.45, 2.75) is 25.8 Å². The van der Waals surface area contributed by atoms with Crippen LogP contribution in [-0.2, 0) is 4.74 Å². The summed E-state index contributed by atoms with van der Waals surface area (Å²) in [5.74, 6) is 0.308. The van der Waals surface area contributed by atoms with Gasteiger partial charge in [-0.05, 0) is 43.5 Å². The number of hydrogen-bond donors (Lipinski definition) is 1. The molecule has 3 rings (SSSR count). The summed E-state index contributed by atoms with van der Waals surface area (Å²) in [6.45, 7) is 6.94. The second-order valence-corrected chi connectivity index (χ2v) is 6.20. The molecule has 2 saturated heterocycles. The van der Waals surface area contributed by atoms with E-state index < -0.39 is 0 Å². The van der Waals surface area contributed by atoms with Gasteiger partial charge >= 0.3 is 0 Å². The fourth-order valence-corrected chi connectivity index (χ4v) is 3.35. The Labute approximate surface area is 131 Å². The Bertz CT molecular complexity index is 541. The Morgan fingerprint density at radius 3 is 2.77 bits per heavy atom. The van der Waals surface area contributed by atoms with E-state index in [1.165, 1.54) is 0 Å². The van der Waals surface area contributed by atoms with Gasteiger partial charge < -0.3 is 14.7 Å². The van der Waals surface area contributed by atoms with Gasteiger partial charge in [-0.25, -0.2) is 0 Å². The van der Waals surface area contributed by atoms with Crippen LogP contribution in [0, 0.1) is 6.92 Å². The van der Waals surface area contributed by atoms with Gasteiger partial charge in [0.2, 0.25) is 0 Å². The number of piperidine rings is 1. The third kappa shape index (κ3) is 3.25. The highest BCUT2D eigenvalue weighted by Crippen LogP contribution is 2.22. The van der Waals surface area contributed by atoms with Gasteiger partial charge in [0.15, 0.2) is 0 Å². The number of phenols is 1. The Morgan fingerprint density at radius 2 is 2.05 bits per heavy atom. The molecule has 1 amide bonds. The molecule has 1 unspecified atom stereocenters. The summed E-state index contributed by atoms with van der Waals surface area (Å²) in [6, 6.07) is 5.53. The molecular weight excluding hydrogens is 280 g/mol. The molecule has 1 atom stereocenters. The van der Waals surface area contributed by atoms with Crippen LogP contribution in [0.25, 0.3) is 0 Å². The molecule has 2 aliphatic heterocycles. The molecule has 0 radical (unpaired) electrons. The molecule has 1 aromatic rings. The Balaban J connectivity index is 1.68. The van der Waals surface area contributed by atoms with E-state index in [1.807, 2.05) is 11.8 Å². The van der Waals surface area contributed by atoms with Crippen molar-refractivity contribution in [1.82, 2.24) is 9.80 Å². The second kappa shape index (κ2) is 6.67. The maximum absolute atomic E-state index is 12.7. The number of aryl methyl sites for hydroxylation is 1. The van der Waals surface area contributed by atoms with Gasteiger partial charge in [-0.2, -0.15) is 0 Å². The zero-order valence-corrected chi connectivity index (χ0v) is 13.1. The average molecular weight is 304 g/mol. The molecule has 120 valence electrons. The number of phenolic OH excluding ortho intramolecular Hbond substituents is 1. The maximum atomic E-state index is 12.7. The minimum atomic E-state index is 0.0704. The molecule has 5 heteroatoms. The summed E-state index contributed by atoms with van der Waals surface area (Å²) >= 11 is 0. The number of nitrogens with zero attached hydrogens (tertiary/aromatic N) is 2. The number of likely N-dealkylation sites (tertiary alicyclic amines) is 1. The van der Waals surface area contributed by atoms with Crippen molar-refractivity contribution in [2.75, 3.05) is 39.4 Å². The monoisotopic (exact) mass is 304 g/mol. The van der Waals surface area contributed by atoms with Crippen LogP contribution in [0.5, 0.6) is 5.75 Å². The summed E-state index contributed by atoms with van der Waals surface area (Å²) in [5, 5.41) is 9.60. The van der Waals surface area contributed by atoms with E-state index in [0.717, 1.165) is 57.8 Å². The fraction of sp³-hybridized carbons (Fsp3) is 0.588. The van der Waals surface area contributed by atoms with Crippen LogP contribution < -0.4 is 0 Å². The van der Waals surface area contributed by atoms with E-state index in [0.29, 0.717) is 11.6 Å². The van der Waals surface area contributed by atoms with Gasteiger partial charge in [0, 0.05) is 37.8 Å². The first kappa shape index (κ1) is 15.3. The van der Waals surface area contributed by atoms with Crippen molar-refractivity contribution in [3.8, 4) is 5.75 Å². The average Bonchev–Trinajstić information content (AvgIpc) is 2.57. The molecule has 22 heavy (non-hydrogen) atoms. The third-order valence-electron chi connectivity index (χ3n) is 4.69. The molecule has 2 heterocycles. The molecule has 5 nitrogen and oxygen atoms in total. The van der Waals surface area contributed by atoms with Crippen LogP contribution in [-0.4, -0.2) is 66.2 Å². The van der Waals surface area contributed by atoms with E-state index in [4.69, 9.17) is 4.74 Å². The van der Waals surface area contributed by atoms with Crippen LogP contribution >= 0.6 is 0 Å². The van der Waals surface area contributed by atoms with Gasteiger partial charge in [0.25, 0.3) is 5.91 Å². The standard InChI is InChI=1S/C17H24N2O3/c1-13-11-14(4-5-16(13)20)17(21)19-6-2-3-15(12-19)18-7-9-22-10-8-18/h4-5,11,15,20H,2-3,6-10,12H2,1H3. The molecule has 0 bridgehead atoms. The number of morpholine rings is 1. The first-order valence-electron chi connectivity index (χ1n) is 8.06. The molecule has 2 fully saturated rings. The van der Waals surface area contributed by atoms with Crippen LogP contribution in [0.15, 0.2) is 18.2 Å². The molecular formula is C17H24N2O3. The van der Waals surface area contributed by atoms with Crippen molar-refractivity contribution >= 4 is 5.91 Å². The smallest absolute Gasteiger partial charge is 0.253 e. The largest absolute Gasteiger partial charge is 0.508 e. The van der Waals surface area contributed by atoms with Crippen LogP contribution in [0.3, 0.4) is 0 Å². The molecule has 2 aliphatic rings. The second-order valence-electron chi connectivity index (χ2n) is 6.20. The van der Waals surface area contributed by atoms with Crippen LogP contribution in [0.2, 0.25) is 0 Å². The van der Waals surface area contributed by atoms with Crippen LogP contribution in [0.1, 0.15) is 28.8 Å². The molecule has 1 N–H and O–H groups in total. The van der Waals surface area contributed by atoms with E-state index in [9.17, 15) is 9.90 Å². The predicted octanol–water partition coefficient (Wildman–Crippen LogP) is 1.64.